The summed E-state index contributed by atoms with van der Waals surface area (Å²) in [6.07, 6.45) is -0.565. The van der Waals surface area contributed by atoms with E-state index in [1.807, 2.05) is 53.1 Å². The Balaban J connectivity index is 1.44. The second kappa shape index (κ2) is 12.7. The monoisotopic (exact) mass is 532 g/mol. The number of aromatic nitrogens is 3. The van der Waals surface area contributed by atoms with E-state index in [1.54, 1.807) is 14.0 Å². The van der Waals surface area contributed by atoms with Gasteiger partial charge in [0, 0.05) is 24.6 Å². The van der Waals surface area contributed by atoms with Crippen molar-refractivity contribution < 1.29 is 23.8 Å². The Morgan fingerprint density at radius 3 is 2.49 bits per heavy atom. The number of hydrogen-bond acceptors (Lipinski definition) is 8. The van der Waals surface area contributed by atoms with E-state index in [0.29, 0.717) is 49.2 Å². The lowest BCUT2D eigenvalue weighted by molar-refractivity contribution is -0.117. The van der Waals surface area contributed by atoms with Crippen LogP contribution < -0.4 is 21.1 Å². The quantitative estimate of drug-likeness (QED) is 0.187. The SMILES string of the molecule is C=C(C)C(=O)NCCOC(=O)NCc1ccc(Cn2c(OCCOC)nc3c(N)nc4ccccc4c32)cc1. The molecule has 2 aromatic heterocycles. The molecule has 0 aliphatic rings. The van der Waals surface area contributed by atoms with Crippen molar-refractivity contribution in [3.05, 3.63) is 71.8 Å². The minimum absolute atomic E-state index is 0.0617. The summed E-state index contributed by atoms with van der Waals surface area (Å²) in [4.78, 5) is 32.6. The summed E-state index contributed by atoms with van der Waals surface area (Å²) in [6, 6.07) is 16.0. The highest BCUT2D eigenvalue weighted by molar-refractivity contribution is 6.06. The molecule has 0 atom stereocenters. The number of carbonyl (C=O) groups excluding carboxylic acids is 2. The van der Waals surface area contributed by atoms with Crippen LogP contribution >= 0.6 is 0 Å². The van der Waals surface area contributed by atoms with Gasteiger partial charge in [-0.05, 0) is 24.1 Å². The zero-order valence-corrected chi connectivity index (χ0v) is 22.0. The summed E-state index contributed by atoms with van der Waals surface area (Å²) >= 11 is 0. The summed E-state index contributed by atoms with van der Waals surface area (Å²) in [6.45, 7) is 6.97. The Bertz CT molecular complexity index is 1480. The van der Waals surface area contributed by atoms with Crippen LogP contribution in [0.25, 0.3) is 21.9 Å². The molecular weight excluding hydrogens is 500 g/mol. The van der Waals surface area contributed by atoms with Crippen LogP contribution in [-0.2, 0) is 27.4 Å². The van der Waals surface area contributed by atoms with Gasteiger partial charge in [-0.3, -0.25) is 9.36 Å². The maximum absolute atomic E-state index is 12.0. The standard InChI is InChI=1S/C28H32N6O5/c1-18(2)26(35)30-12-13-39-28(36)31-16-19-8-10-20(11-9-19)17-34-24-21-6-4-5-7-22(21)32-25(29)23(24)33-27(34)38-15-14-37-3/h4-11H,1,12-17H2,2-3H3,(H2,29,32)(H,30,35)(H,31,36). The number of imidazole rings is 1. The average Bonchev–Trinajstić information content (AvgIpc) is 3.29. The third-order valence-corrected chi connectivity index (χ3v) is 5.90. The predicted octanol–water partition coefficient (Wildman–Crippen LogP) is 3.16. The van der Waals surface area contributed by atoms with E-state index in [9.17, 15) is 9.59 Å². The topological polar surface area (TPSA) is 143 Å². The Kier molecular flexibility index (Phi) is 8.95. The molecule has 0 saturated carbocycles. The zero-order valence-electron chi connectivity index (χ0n) is 22.0. The number of nitrogens with two attached hydrogens (primary N) is 1. The number of nitrogens with one attached hydrogen (secondary N) is 2. The van der Waals surface area contributed by atoms with Crippen LogP contribution in [0, 0.1) is 0 Å². The number of hydrogen-bond donors (Lipinski definition) is 3. The molecule has 11 heteroatoms. The summed E-state index contributed by atoms with van der Waals surface area (Å²) < 4.78 is 18.2. The van der Waals surface area contributed by atoms with Gasteiger partial charge in [0.1, 0.15) is 18.7 Å². The molecule has 2 aromatic carbocycles. The number of alkyl carbamates (subject to hydrolysis) is 1. The second-order valence-electron chi connectivity index (χ2n) is 8.88. The largest absolute Gasteiger partial charge is 0.462 e. The number of anilines is 1. The molecule has 0 unspecified atom stereocenters. The summed E-state index contributed by atoms with van der Waals surface area (Å²) in [5.41, 5.74) is 10.8. The third-order valence-electron chi connectivity index (χ3n) is 5.90. The number of para-hydroxylation sites is 1. The summed E-state index contributed by atoms with van der Waals surface area (Å²) in [5, 5.41) is 6.23. The Morgan fingerprint density at radius 1 is 1.00 bits per heavy atom. The maximum atomic E-state index is 12.0. The van der Waals surface area contributed by atoms with Crippen LogP contribution in [0.4, 0.5) is 10.6 Å². The molecular formula is C28H32N6O5. The molecule has 0 aliphatic heterocycles. The van der Waals surface area contributed by atoms with Crippen molar-refractivity contribution >= 4 is 39.8 Å². The molecule has 4 N–H and O–H groups in total. The third kappa shape index (κ3) is 6.82. The number of ether oxygens (including phenoxy) is 3. The van der Waals surface area contributed by atoms with Crippen molar-refractivity contribution in [2.75, 3.05) is 39.2 Å². The average molecular weight is 533 g/mol. The highest BCUT2D eigenvalue weighted by Gasteiger charge is 2.19. The number of methoxy groups -OCH3 is 1. The van der Waals surface area contributed by atoms with Crippen molar-refractivity contribution in [2.45, 2.75) is 20.0 Å². The fourth-order valence-corrected chi connectivity index (χ4v) is 3.94. The molecule has 0 bridgehead atoms. The van der Waals surface area contributed by atoms with E-state index >= 15 is 0 Å². The van der Waals surface area contributed by atoms with E-state index < -0.39 is 6.09 Å². The lowest BCUT2D eigenvalue weighted by atomic mass is 10.1. The van der Waals surface area contributed by atoms with Gasteiger partial charge in [0.15, 0.2) is 5.82 Å². The number of rotatable bonds is 12. The van der Waals surface area contributed by atoms with Crippen molar-refractivity contribution in [2.24, 2.45) is 0 Å². The molecule has 11 nitrogen and oxygen atoms in total. The van der Waals surface area contributed by atoms with Gasteiger partial charge in [-0.1, -0.05) is 49.0 Å². The molecule has 0 aliphatic carbocycles. The first kappa shape index (κ1) is 27.4. The first-order valence-electron chi connectivity index (χ1n) is 12.5. The molecule has 0 fully saturated rings. The predicted molar refractivity (Wildman–Crippen MR) is 148 cm³/mol. The second-order valence-corrected chi connectivity index (χ2v) is 8.88. The highest BCUT2D eigenvalue weighted by Crippen LogP contribution is 2.32. The molecule has 204 valence electrons. The molecule has 0 radical (unpaired) electrons. The molecule has 2 heterocycles. The minimum atomic E-state index is -0.565. The number of fused-ring (bicyclic) bond motifs is 3. The molecule has 4 rings (SSSR count). The van der Waals surface area contributed by atoms with Crippen LogP contribution in [0.1, 0.15) is 18.1 Å². The molecule has 4 aromatic rings. The van der Waals surface area contributed by atoms with Gasteiger partial charge in [0.25, 0.3) is 6.01 Å². The molecule has 0 saturated heterocycles. The number of carbonyl (C=O) groups is 2. The van der Waals surface area contributed by atoms with Gasteiger partial charge in [0.05, 0.1) is 30.7 Å². The smallest absolute Gasteiger partial charge is 0.407 e. The summed E-state index contributed by atoms with van der Waals surface area (Å²) in [5.74, 6) is 0.0651. The number of nitrogen functional groups attached to an aromatic ring is 1. The van der Waals surface area contributed by atoms with E-state index in [0.717, 1.165) is 27.5 Å². The van der Waals surface area contributed by atoms with Gasteiger partial charge in [0.2, 0.25) is 5.91 Å². The van der Waals surface area contributed by atoms with Crippen molar-refractivity contribution in [3.63, 3.8) is 0 Å². The normalized spacial score (nSPS) is 10.9. The van der Waals surface area contributed by atoms with E-state index in [4.69, 9.17) is 19.9 Å². The van der Waals surface area contributed by atoms with Gasteiger partial charge < -0.3 is 30.6 Å². The first-order chi connectivity index (χ1) is 18.9. The Labute approximate surface area is 226 Å². The van der Waals surface area contributed by atoms with Crippen LogP contribution in [0.15, 0.2) is 60.7 Å². The van der Waals surface area contributed by atoms with Crippen LogP contribution in [0.2, 0.25) is 0 Å². The lowest BCUT2D eigenvalue weighted by Crippen LogP contribution is -2.31. The van der Waals surface area contributed by atoms with Crippen LogP contribution in [-0.4, -0.2) is 60.0 Å². The Morgan fingerprint density at radius 2 is 1.74 bits per heavy atom. The lowest BCUT2D eigenvalue weighted by Gasteiger charge is -2.12. The van der Waals surface area contributed by atoms with Gasteiger partial charge in [-0.15, -0.1) is 0 Å². The highest BCUT2D eigenvalue weighted by atomic mass is 16.5. The number of pyridine rings is 1. The van der Waals surface area contributed by atoms with Crippen molar-refractivity contribution in [1.29, 1.82) is 0 Å². The minimum Gasteiger partial charge on any atom is -0.462 e. The van der Waals surface area contributed by atoms with Crippen LogP contribution in [0.3, 0.4) is 0 Å². The van der Waals surface area contributed by atoms with Gasteiger partial charge in [-0.25, -0.2) is 9.78 Å². The molecule has 39 heavy (non-hydrogen) atoms. The number of benzene rings is 2. The number of nitrogens with zero attached hydrogens (tertiary/aromatic N) is 3. The number of amides is 2. The fraction of sp³-hybridized carbons (Fsp3) is 0.286. The fourth-order valence-electron chi connectivity index (χ4n) is 3.94. The maximum Gasteiger partial charge on any atom is 0.407 e. The van der Waals surface area contributed by atoms with Crippen molar-refractivity contribution in [1.82, 2.24) is 25.2 Å². The van der Waals surface area contributed by atoms with E-state index in [2.05, 4.69) is 27.2 Å². The zero-order chi connectivity index (χ0) is 27.8. The first-order valence-corrected chi connectivity index (χ1v) is 12.5. The van der Waals surface area contributed by atoms with E-state index in [-0.39, 0.29) is 19.1 Å². The van der Waals surface area contributed by atoms with Gasteiger partial charge >= 0.3 is 6.09 Å². The van der Waals surface area contributed by atoms with Crippen molar-refractivity contribution in [3.8, 4) is 6.01 Å². The Hall–Kier alpha value is -4.64. The van der Waals surface area contributed by atoms with Crippen LogP contribution in [0.5, 0.6) is 6.01 Å². The van der Waals surface area contributed by atoms with Gasteiger partial charge in [-0.2, -0.15) is 4.98 Å². The molecule has 2 amide bonds. The van der Waals surface area contributed by atoms with E-state index in [1.165, 1.54) is 0 Å². The summed E-state index contributed by atoms with van der Waals surface area (Å²) in [7, 11) is 1.61. The molecule has 0 spiro atoms.